The van der Waals surface area contributed by atoms with Gasteiger partial charge in [0.2, 0.25) is 6.17 Å². The molecule has 0 heterocycles. The predicted molar refractivity (Wildman–Crippen MR) is 65.1 cm³/mol. The van der Waals surface area contributed by atoms with E-state index in [1.54, 1.807) is 0 Å². The molecule has 0 radical (unpaired) electrons. The van der Waals surface area contributed by atoms with E-state index in [-0.39, 0.29) is 29.6 Å². The molecule has 0 bridgehead atoms. The minimum Gasteiger partial charge on any atom is -0.746 e. The van der Waals surface area contributed by atoms with Gasteiger partial charge in [-0.15, -0.1) is 0 Å². The molecule has 0 aliphatic carbocycles. The van der Waals surface area contributed by atoms with Gasteiger partial charge in [-0.05, 0) is 0 Å². The van der Waals surface area contributed by atoms with Crippen LogP contribution in [0.5, 0.6) is 0 Å². The molecule has 0 amide bonds. The Morgan fingerprint density at radius 2 is 0.694 bits per heavy atom. The van der Waals surface area contributed by atoms with Crippen LogP contribution in [0.3, 0.4) is 0 Å². The van der Waals surface area contributed by atoms with Gasteiger partial charge >= 0.3 is 76.9 Å². The Labute approximate surface area is 206 Å². The van der Waals surface area contributed by atoms with Crippen molar-refractivity contribution in [3.05, 3.63) is 0 Å². The third kappa shape index (κ3) is 4.96. The molecule has 25 heteroatoms. The average molecular weight is 618 g/mol. The number of alkyl halides is 20. The van der Waals surface area contributed by atoms with Crippen LogP contribution in [0.25, 0.3) is 0 Å². The summed E-state index contributed by atoms with van der Waals surface area (Å²) < 4.78 is 291. The fourth-order valence-electron chi connectivity index (χ4n) is 1.86. The minimum absolute atomic E-state index is 0. The van der Waals surface area contributed by atoms with Crippen LogP contribution >= 0.6 is 0 Å². The van der Waals surface area contributed by atoms with Crippen LogP contribution in [0.4, 0.5) is 87.8 Å². The van der Waals surface area contributed by atoms with Crippen molar-refractivity contribution in [2.24, 2.45) is 0 Å². The molecule has 0 aromatic rings. The first-order chi connectivity index (χ1) is 14.8. The van der Waals surface area contributed by atoms with Gasteiger partial charge in [-0.2, -0.15) is 70.2 Å². The zero-order chi connectivity index (χ0) is 29.2. The number of halogens is 20. The molecule has 0 aliphatic rings. The van der Waals surface area contributed by atoms with Crippen LogP contribution in [0, 0.1) is 0 Å². The van der Waals surface area contributed by atoms with Gasteiger partial charge in [0.15, 0.2) is 0 Å². The molecule has 3 nitrogen and oxygen atoms in total. The Morgan fingerprint density at radius 3 is 0.917 bits per heavy atom. The van der Waals surface area contributed by atoms with Gasteiger partial charge in [0.1, 0.15) is 10.1 Å². The van der Waals surface area contributed by atoms with Crippen molar-refractivity contribution in [3.8, 4) is 0 Å². The molecule has 2 atom stereocenters. The van der Waals surface area contributed by atoms with E-state index in [0.29, 0.717) is 0 Å². The van der Waals surface area contributed by atoms with E-state index in [1.807, 2.05) is 0 Å². The molecule has 0 saturated heterocycles. The first-order valence-electron chi connectivity index (χ1n) is 7.29. The Hall–Kier alpha value is -0.490. The summed E-state index contributed by atoms with van der Waals surface area (Å²) in [7, 11) is -7.57. The van der Waals surface area contributed by atoms with Crippen molar-refractivity contribution >= 4 is 10.1 Å². The average Bonchev–Trinajstić information content (AvgIpc) is 2.64. The summed E-state index contributed by atoms with van der Waals surface area (Å²) >= 11 is 0. The van der Waals surface area contributed by atoms with Crippen LogP contribution < -0.4 is 29.6 Å². The second kappa shape index (κ2) is 9.92. The van der Waals surface area contributed by atoms with E-state index < -0.39 is 75.6 Å². The molecule has 2 unspecified atom stereocenters. The predicted octanol–water partition coefficient (Wildman–Crippen LogP) is 2.52. The van der Waals surface area contributed by atoms with Crippen LogP contribution in [0.1, 0.15) is 0 Å². The fourth-order valence-corrected chi connectivity index (χ4v) is 2.37. The Bertz CT molecular complexity index is 885. The zero-order valence-electron chi connectivity index (χ0n) is 15.9. The van der Waals surface area contributed by atoms with Crippen molar-refractivity contribution in [2.75, 3.05) is 0 Å². The van der Waals surface area contributed by atoms with Crippen molar-refractivity contribution in [3.63, 3.8) is 0 Å². The zero-order valence-corrected chi connectivity index (χ0v) is 18.7. The third-order valence-electron chi connectivity index (χ3n) is 3.92. The van der Waals surface area contributed by atoms with Crippen molar-refractivity contribution in [1.29, 1.82) is 0 Å². The quantitative estimate of drug-likeness (QED) is 0.204. The first-order valence-corrected chi connectivity index (χ1v) is 8.76. The van der Waals surface area contributed by atoms with Gasteiger partial charge in [-0.3, -0.25) is 0 Å². The van der Waals surface area contributed by atoms with Gasteiger partial charge in [0, 0.05) is 0 Å². The summed E-state index contributed by atoms with van der Waals surface area (Å²) in [5.74, 6) is -69.5. The molecule has 0 N–H and O–H groups in total. The summed E-state index contributed by atoms with van der Waals surface area (Å²) in [6, 6.07) is 0. The molecular formula is C11H3F20NaO3S. The van der Waals surface area contributed by atoms with E-state index in [1.165, 1.54) is 0 Å². The molecular weight excluding hydrogens is 615 g/mol. The second-order valence-corrected chi connectivity index (χ2v) is 7.64. The standard InChI is InChI=1S/C11H4F20O3S.Na/c12-1(2(13)14)4(16,17)6(20,21)8(24,25)10(28,29)11(30,31)9(26,27)7(22,23)5(18,19)3(15)35(32,33)34;/h1-3H,(H,32,33,34);/q;+1/p-1. The molecule has 0 aromatic carbocycles. The molecule has 0 aromatic heterocycles. The first kappa shape index (κ1) is 37.7. The van der Waals surface area contributed by atoms with E-state index >= 15 is 0 Å². The van der Waals surface area contributed by atoms with Gasteiger partial charge in [0.25, 0.3) is 11.9 Å². The smallest absolute Gasteiger partial charge is 0.746 e. The van der Waals surface area contributed by atoms with E-state index in [4.69, 9.17) is 0 Å². The number of hydrogen-bond acceptors (Lipinski definition) is 3. The molecule has 212 valence electrons. The van der Waals surface area contributed by atoms with Crippen LogP contribution in [0.15, 0.2) is 0 Å². The van der Waals surface area contributed by atoms with Crippen molar-refractivity contribution in [2.45, 2.75) is 65.5 Å². The maximum atomic E-state index is 13.4. The Balaban J connectivity index is 0. The fraction of sp³-hybridized carbons (Fsp3) is 1.00. The monoisotopic (exact) mass is 618 g/mol. The normalized spacial score (nSPS) is 17.6. The van der Waals surface area contributed by atoms with Gasteiger partial charge in [-0.25, -0.2) is 26.0 Å². The van der Waals surface area contributed by atoms with E-state index in [9.17, 15) is 101 Å². The van der Waals surface area contributed by atoms with E-state index in [2.05, 4.69) is 0 Å². The summed E-state index contributed by atoms with van der Waals surface area (Å²) in [6.07, 6.45) is -11.4. The van der Waals surface area contributed by atoms with Crippen LogP contribution in [-0.2, 0) is 10.1 Å². The summed E-state index contributed by atoms with van der Waals surface area (Å²) in [5.41, 5.74) is -6.22. The van der Waals surface area contributed by atoms with Crippen molar-refractivity contribution < 1.29 is 130 Å². The Kier molecular flexibility index (Phi) is 10.4. The second-order valence-electron chi connectivity index (χ2n) is 6.24. The van der Waals surface area contributed by atoms with Crippen LogP contribution in [0.2, 0.25) is 0 Å². The largest absolute Gasteiger partial charge is 1.00 e. The van der Waals surface area contributed by atoms with E-state index in [0.717, 1.165) is 0 Å². The van der Waals surface area contributed by atoms with Crippen LogP contribution in [-0.4, -0.2) is 78.5 Å². The summed E-state index contributed by atoms with van der Waals surface area (Å²) in [6.45, 7) is 0. The third-order valence-corrected chi connectivity index (χ3v) is 4.72. The molecule has 0 saturated carbocycles. The summed E-state index contributed by atoms with van der Waals surface area (Å²) in [5, 5.41) is 0. The maximum Gasteiger partial charge on any atom is 1.00 e. The topological polar surface area (TPSA) is 57.2 Å². The summed E-state index contributed by atoms with van der Waals surface area (Å²) in [4.78, 5) is 0. The minimum atomic E-state index is -9.15. The van der Waals surface area contributed by atoms with Crippen molar-refractivity contribution in [1.82, 2.24) is 0 Å². The number of rotatable bonds is 11. The van der Waals surface area contributed by atoms with Gasteiger partial charge in [0.05, 0.1) is 0 Å². The maximum absolute atomic E-state index is 13.4. The molecule has 36 heavy (non-hydrogen) atoms. The molecule has 0 rings (SSSR count). The van der Waals surface area contributed by atoms with Gasteiger partial charge in [-0.1, -0.05) is 0 Å². The number of hydrogen-bond donors (Lipinski definition) is 0. The SMILES string of the molecule is O=S(=O)([O-])C(F)C(F)(F)C(F)(F)C(F)(F)C(F)(F)C(F)(F)C(F)(F)C(F)(F)C(F)(F)C(F)C(F)F.[Na+]. The Morgan fingerprint density at radius 1 is 0.472 bits per heavy atom. The molecule has 0 fully saturated rings. The molecule has 0 spiro atoms. The molecule has 0 aliphatic heterocycles. The van der Waals surface area contributed by atoms with Gasteiger partial charge < -0.3 is 4.55 Å².